The second kappa shape index (κ2) is 7.22. The molecule has 2 N–H and O–H groups in total. The predicted octanol–water partition coefficient (Wildman–Crippen LogP) is 2.28. The summed E-state index contributed by atoms with van der Waals surface area (Å²) in [6, 6.07) is 2.15. The van der Waals surface area contributed by atoms with E-state index < -0.39 is 10.7 Å². The molecule has 0 bridgehead atoms. The van der Waals surface area contributed by atoms with Gasteiger partial charge in [0, 0.05) is 18.7 Å². The first kappa shape index (κ1) is 15.6. The molecular formula is C11H13FIN3O3. The monoisotopic (exact) mass is 381 g/mol. The normalized spacial score (nSPS) is 10.1. The predicted molar refractivity (Wildman–Crippen MR) is 77.6 cm³/mol. The van der Waals surface area contributed by atoms with Crippen LogP contribution in [0.4, 0.5) is 15.8 Å². The van der Waals surface area contributed by atoms with E-state index in [0.29, 0.717) is 6.54 Å². The zero-order chi connectivity index (χ0) is 14.4. The molecule has 6 nitrogen and oxygen atoms in total. The molecule has 0 atom stereocenters. The van der Waals surface area contributed by atoms with Crippen LogP contribution in [0.2, 0.25) is 0 Å². The van der Waals surface area contributed by atoms with Gasteiger partial charge in [-0.1, -0.05) is 6.92 Å². The molecule has 0 aromatic heterocycles. The van der Waals surface area contributed by atoms with Crippen molar-refractivity contribution in [3.63, 3.8) is 0 Å². The molecule has 0 fully saturated rings. The molecule has 1 aromatic rings. The number of benzene rings is 1. The van der Waals surface area contributed by atoms with Gasteiger partial charge in [-0.05, 0) is 29.0 Å². The number of hydrogen-bond acceptors (Lipinski definition) is 4. The highest BCUT2D eigenvalue weighted by Crippen LogP contribution is 2.28. The molecule has 0 spiro atoms. The van der Waals surface area contributed by atoms with Crippen molar-refractivity contribution in [3.05, 3.63) is 31.6 Å². The van der Waals surface area contributed by atoms with Crippen molar-refractivity contribution in [2.24, 2.45) is 0 Å². The van der Waals surface area contributed by atoms with Gasteiger partial charge < -0.3 is 10.6 Å². The Labute approximate surface area is 123 Å². The number of hydrogen-bond donors (Lipinski definition) is 2. The third-order valence-corrected chi connectivity index (χ3v) is 3.07. The number of halogens is 2. The highest BCUT2D eigenvalue weighted by atomic mass is 127. The van der Waals surface area contributed by atoms with Crippen molar-refractivity contribution in [1.29, 1.82) is 0 Å². The summed E-state index contributed by atoms with van der Waals surface area (Å²) in [5.41, 5.74) is -0.261. The highest BCUT2D eigenvalue weighted by molar-refractivity contribution is 14.1. The first-order valence-electron chi connectivity index (χ1n) is 5.59. The molecule has 104 valence electrons. The van der Waals surface area contributed by atoms with Gasteiger partial charge in [-0.2, -0.15) is 0 Å². The molecule has 1 aromatic carbocycles. The smallest absolute Gasteiger partial charge is 0.293 e. The van der Waals surface area contributed by atoms with Crippen LogP contribution in [0.15, 0.2) is 12.1 Å². The van der Waals surface area contributed by atoms with Crippen molar-refractivity contribution in [1.82, 2.24) is 5.32 Å². The molecule has 0 aliphatic carbocycles. The molecular weight excluding hydrogens is 368 g/mol. The topological polar surface area (TPSA) is 84.3 Å². The Bertz CT molecular complexity index is 496. The Morgan fingerprint density at radius 3 is 2.79 bits per heavy atom. The molecule has 0 unspecified atom stereocenters. The van der Waals surface area contributed by atoms with Crippen LogP contribution in [0.5, 0.6) is 0 Å². The largest absolute Gasteiger partial charge is 0.370 e. The summed E-state index contributed by atoms with van der Waals surface area (Å²) in [6.45, 7) is 2.30. The summed E-state index contributed by atoms with van der Waals surface area (Å²) in [5, 5.41) is 16.0. The van der Waals surface area contributed by atoms with E-state index >= 15 is 0 Å². The van der Waals surface area contributed by atoms with Crippen LogP contribution in [0.25, 0.3) is 0 Å². The number of rotatable bonds is 6. The van der Waals surface area contributed by atoms with Gasteiger partial charge in [0.05, 0.1) is 15.0 Å². The Morgan fingerprint density at radius 2 is 2.21 bits per heavy atom. The van der Waals surface area contributed by atoms with Gasteiger partial charge in [0.25, 0.3) is 5.69 Å². The standard InChI is InChI=1S/C11H13FIN3O3/c1-2-3-14-11(17)6-15-9-4-7(12)8(13)5-10(9)16(18)19/h4-5,15H,2-3,6H2,1H3,(H,14,17). The first-order valence-corrected chi connectivity index (χ1v) is 6.67. The number of carbonyl (C=O) groups excluding carboxylic acids is 1. The maximum Gasteiger partial charge on any atom is 0.293 e. The first-order chi connectivity index (χ1) is 8.95. The number of nitrogens with zero attached hydrogens (tertiary/aromatic N) is 1. The fraction of sp³-hybridized carbons (Fsp3) is 0.364. The fourth-order valence-corrected chi connectivity index (χ4v) is 1.78. The molecule has 1 rings (SSSR count). The SMILES string of the molecule is CCCNC(=O)CNc1cc(F)c(I)cc1[N+](=O)[O-]. The zero-order valence-electron chi connectivity index (χ0n) is 10.2. The molecule has 0 saturated carbocycles. The van der Waals surface area contributed by atoms with Gasteiger partial charge in [-0.3, -0.25) is 14.9 Å². The van der Waals surface area contributed by atoms with Crippen LogP contribution in [0, 0.1) is 19.5 Å². The maximum atomic E-state index is 13.4. The quantitative estimate of drug-likeness (QED) is 0.450. The third kappa shape index (κ3) is 4.62. The molecule has 19 heavy (non-hydrogen) atoms. The van der Waals surface area contributed by atoms with Gasteiger partial charge in [0.1, 0.15) is 11.5 Å². The van der Waals surface area contributed by atoms with E-state index in [2.05, 4.69) is 10.6 Å². The van der Waals surface area contributed by atoms with Crippen molar-refractivity contribution in [2.75, 3.05) is 18.4 Å². The number of nitro benzene ring substituents is 1. The minimum absolute atomic E-state index is 0.00503. The van der Waals surface area contributed by atoms with E-state index in [1.165, 1.54) is 0 Å². The molecule has 8 heteroatoms. The van der Waals surface area contributed by atoms with Crippen LogP contribution < -0.4 is 10.6 Å². The van der Waals surface area contributed by atoms with Gasteiger partial charge in [0.15, 0.2) is 0 Å². The van der Waals surface area contributed by atoms with E-state index in [9.17, 15) is 19.3 Å². The summed E-state index contributed by atoms with van der Waals surface area (Å²) >= 11 is 1.67. The average molecular weight is 381 g/mol. The van der Waals surface area contributed by atoms with Crippen LogP contribution in [0.3, 0.4) is 0 Å². The highest BCUT2D eigenvalue weighted by Gasteiger charge is 2.17. The second-order valence-corrected chi connectivity index (χ2v) is 4.91. The molecule has 0 heterocycles. The Morgan fingerprint density at radius 1 is 1.53 bits per heavy atom. The summed E-state index contributed by atoms with van der Waals surface area (Å²) in [6.07, 6.45) is 0.796. The number of nitrogens with one attached hydrogen (secondary N) is 2. The van der Waals surface area contributed by atoms with Gasteiger partial charge >= 0.3 is 0 Å². The Kier molecular flexibility index (Phi) is 5.93. The lowest BCUT2D eigenvalue weighted by molar-refractivity contribution is -0.384. The minimum Gasteiger partial charge on any atom is -0.370 e. The maximum absolute atomic E-state index is 13.4. The van der Waals surface area contributed by atoms with Gasteiger partial charge in [-0.25, -0.2) is 4.39 Å². The van der Waals surface area contributed by atoms with E-state index in [-0.39, 0.29) is 27.4 Å². The molecule has 0 saturated heterocycles. The van der Waals surface area contributed by atoms with E-state index in [4.69, 9.17) is 0 Å². The van der Waals surface area contributed by atoms with Crippen molar-refractivity contribution in [3.8, 4) is 0 Å². The summed E-state index contributed by atoms with van der Waals surface area (Å²) in [4.78, 5) is 21.6. The molecule has 0 radical (unpaired) electrons. The van der Waals surface area contributed by atoms with Gasteiger partial charge in [0.2, 0.25) is 5.91 Å². The van der Waals surface area contributed by atoms with Crippen molar-refractivity contribution >= 4 is 39.9 Å². The van der Waals surface area contributed by atoms with E-state index in [0.717, 1.165) is 18.6 Å². The van der Waals surface area contributed by atoms with Crippen molar-refractivity contribution < 1.29 is 14.1 Å². The Balaban J connectivity index is 2.79. The summed E-state index contributed by atoms with van der Waals surface area (Å²) in [5.74, 6) is -0.863. The molecule has 1 amide bonds. The fourth-order valence-electron chi connectivity index (χ4n) is 1.33. The van der Waals surface area contributed by atoms with Crippen LogP contribution in [0.1, 0.15) is 13.3 Å². The summed E-state index contributed by atoms with van der Waals surface area (Å²) in [7, 11) is 0. The lowest BCUT2D eigenvalue weighted by Gasteiger charge is -2.08. The van der Waals surface area contributed by atoms with E-state index in [1.54, 1.807) is 22.6 Å². The van der Waals surface area contributed by atoms with Crippen LogP contribution >= 0.6 is 22.6 Å². The molecule has 0 aliphatic rings. The minimum atomic E-state index is -0.617. The van der Waals surface area contributed by atoms with Gasteiger partial charge in [-0.15, -0.1) is 0 Å². The number of amides is 1. The van der Waals surface area contributed by atoms with E-state index in [1.807, 2.05) is 6.92 Å². The lowest BCUT2D eigenvalue weighted by Crippen LogP contribution is -2.30. The molecule has 0 aliphatic heterocycles. The third-order valence-electron chi connectivity index (χ3n) is 2.25. The van der Waals surface area contributed by atoms with Crippen LogP contribution in [-0.2, 0) is 4.79 Å². The number of anilines is 1. The zero-order valence-corrected chi connectivity index (χ0v) is 12.4. The van der Waals surface area contributed by atoms with Crippen LogP contribution in [-0.4, -0.2) is 23.9 Å². The average Bonchev–Trinajstić information content (AvgIpc) is 2.36. The second-order valence-electron chi connectivity index (χ2n) is 3.74. The summed E-state index contributed by atoms with van der Waals surface area (Å²) < 4.78 is 13.5. The van der Waals surface area contributed by atoms with Crippen molar-refractivity contribution in [2.45, 2.75) is 13.3 Å². The lowest BCUT2D eigenvalue weighted by atomic mass is 10.2. The Hall–Kier alpha value is -1.45. The number of nitro groups is 1. The number of carbonyl (C=O) groups is 1.